The molecule has 1 saturated heterocycles. The first kappa shape index (κ1) is 18.9. The Kier molecular flexibility index (Phi) is 6.64. The Bertz CT molecular complexity index is 623. The first-order chi connectivity index (χ1) is 12.7. The van der Waals surface area contributed by atoms with Crippen LogP contribution in [0.4, 0.5) is 0 Å². The van der Waals surface area contributed by atoms with Gasteiger partial charge in [-0.3, -0.25) is 14.6 Å². The third-order valence-corrected chi connectivity index (χ3v) is 5.79. The Morgan fingerprint density at radius 3 is 2.58 bits per heavy atom. The number of carbonyl (C=O) groups is 2. The van der Waals surface area contributed by atoms with E-state index in [4.69, 9.17) is 0 Å². The van der Waals surface area contributed by atoms with Crippen LogP contribution in [0.5, 0.6) is 0 Å². The summed E-state index contributed by atoms with van der Waals surface area (Å²) in [6, 6.07) is 3.94. The number of pyridine rings is 1. The smallest absolute Gasteiger partial charge is 0.270 e. The normalized spacial score (nSPS) is 21.9. The van der Waals surface area contributed by atoms with E-state index in [1.54, 1.807) is 18.3 Å². The monoisotopic (exact) mass is 357 g/mol. The fraction of sp³-hybridized carbons (Fsp3) is 0.667. The lowest BCUT2D eigenvalue weighted by molar-refractivity contribution is 0.0608. The number of amides is 2. The molecule has 1 saturated carbocycles. The van der Waals surface area contributed by atoms with E-state index < -0.39 is 0 Å². The van der Waals surface area contributed by atoms with E-state index in [0.717, 1.165) is 38.6 Å². The van der Waals surface area contributed by atoms with Gasteiger partial charge in [0.25, 0.3) is 11.8 Å². The van der Waals surface area contributed by atoms with Crippen LogP contribution in [0.15, 0.2) is 18.3 Å². The topological polar surface area (TPSA) is 62.3 Å². The van der Waals surface area contributed by atoms with E-state index in [1.165, 1.54) is 32.1 Å². The highest BCUT2D eigenvalue weighted by atomic mass is 16.2. The molecule has 2 amide bonds. The molecule has 0 spiro atoms. The summed E-state index contributed by atoms with van der Waals surface area (Å²) in [5, 5.41) is 3.11. The molecule has 2 heterocycles. The first-order valence-electron chi connectivity index (χ1n) is 10.3. The van der Waals surface area contributed by atoms with Crippen molar-refractivity contribution in [2.45, 2.75) is 83.2 Å². The summed E-state index contributed by atoms with van der Waals surface area (Å²) < 4.78 is 0. The number of carbonyl (C=O) groups excluding carboxylic acids is 2. The van der Waals surface area contributed by atoms with Gasteiger partial charge in [0.1, 0.15) is 5.69 Å². The highest BCUT2D eigenvalue weighted by Crippen LogP contribution is 2.22. The summed E-state index contributed by atoms with van der Waals surface area (Å²) in [6.45, 7) is 2.94. The quantitative estimate of drug-likeness (QED) is 0.830. The molecular weight excluding hydrogens is 326 g/mol. The zero-order valence-electron chi connectivity index (χ0n) is 15.9. The fourth-order valence-corrected chi connectivity index (χ4v) is 4.23. The molecule has 0 aromatic carbocycles. The number of piperidine rings is 1. The van der Waals surface area contributed by atoms with Crippen LogP contribution in [0.2, 0.25) is 0 Å². The summed E-state index contributed by atoms with van der Waals surface area (Å²) in [5.41, 5.74) is 0.927. The zero-order chi connectivity index (χ0) is 18.4. The molecule has 1 unspecified atom stereocenters. The van der Waals surface area contributed by atoms with Crippen LogP contribution in [-0.2, 0) is 0 Å². The van der Waals surface area contributed by atoms with Gasteiger partial charge >= 0.3 is 0 Å². The lowest BCUT2D eigenvalue weighted by atomic mass is 9.99. The van der Waals surface area contributed by atoms with E-state index >= 15 is 0 Å². The molecule has 0 radical (unpaired) electrons. The Balaban J connectivity index is 1.68. The number of nitrogens with zero attached hydrogens (tertiary/aromatic N) is 2. The Labute approximate surface area is 156 Å². The minimum Gasteiger partial charge on any atom is -0.348 e. The highest BCUT2D eigenvalue weighted by Gasteiger charge is 2.27. The number of aromatic nitrogens is 1. The standard InChI is InChI=1S/C21H31N3O2/c1-2-18-11-7-8-14-24(18)21(26)16-12-13-22-19(15-16)20(25)23-17-9-5-3-4-6-10-17/h12-13,15,17-18H,2-11,14H2,1H3,(H,23,25). The minimum absolute atomic E-state index is 0.0301. The summed E-state index contributed by atoms with van der Waals surface area (Å²) in [5.74, 6) is -0.125. The summed E-state index contributed by atoms with van der Waals surface area (Å²) in [4.78, 5) is 31.7. The molecular formula is C21H31N3O2. The second kappa shape index (κ2) is 9.15. The van der Waals surface area contributed by atoms with Gasteiger partial charge in [0.15, 0.2) is 0 Å². The predicted octanol–water partition coefficient (Wildman–Crippen LogP) is 3.94. The van der Waals surface area contributed by atoms with Crippen molar-refractivity contribution < 1.29 is 9.59 Å². The molecule has 2 aliphatic rings. The van der Waals surface area contributed by atoms with Gasteiger partial charge in [-0.25, -0.2) is 0 Å². The van der Waals surface area contributed by atoms with Crippen LogP contribution in [0.3, 0.4) is 0 Å². The van der Waals surface area contributed by atoms with Gasteiger partial charge in [-0.15, -0.1) is 0 Å². The third kappa shape index (κ3) is 4.63. The van der Waals surface area contributed by atoms with E-state index in [9.17, 15) is 9.59 Å². The fourth-order valence-electron chi connectivity index (χ4n) is 4.23. The van der Waals surface area contributed by atoms with Gasteiger partial charge in [-0.05, 0) is 50.7 Å². The molecule has 26 heavy (non-hydrogen) atoms. The van der Waals surface area contributed by atoms with E-state index in [-0.39, 0.29) is 17.9 Å². The molecule has 142 valence electrons. The minimum atomic E-state index is -0.155. The highest BCUT2D eigenvalue weighted by molar-refractivity contribution is 5.98. The molecule has 5 nitrogen and oxygen atoms in total. The molecule has 3 rings (SSSR count). The average Bonchev–Trinajstić information content (AvgIpc) is 2.96. The second-order valence-corrected chi connectivity index (χ2v) is 7.65. The maximum absolute atomic E-state index is 12.9. The SMILES string of the molecule is CCC1CCCCN1C(=O)c1ccnc(C(=O)NC2CCCCCC2)c1. The number of likely N-dealkylation sites (tertiary alicyclic amines) is 1. The van der Waals surface area contributed by atoms with Crippen molar-refractivity contribution in [2.75, 3.05) is 6.54 Å². The average molecular weight is 357 g/mol. The van der Waals surface area contributed by atoms with E-state index in [1.807, 2.05) is 4.90 Å². The molecule has 1 atom stereocenters. The van der Waals surface area contributed by atoms with Crippen molar-refractivity contribution in [3.8, 4) is 0 Å². The van der Waals surface area contributed by atoms with Gasteiger partial charge in [0.05, 0.1) is 0 Å². The Morgan fingerprint density at radius 2 is 1.85 bits per heavy atom. The third-order valence-electron chi connectivity index (χ3n) is 5.79. The zero-order valence-corrected chi connectivity index (χ0v) is 15.9. The molecule has 1 aromatic heterocycles. The molecule has 5 heteroatoms. The molecule has 1 aromatic rings. The van der Waals surface area contributed by atoms with Crippen molar-refractivity contribution in [3.63, 3.8) is 0 Å². The first-order valence-corrected chi connectivity index (χ1v) is 10.3. The van der Waals surface area contributed by atoms with Gasteiger partial charge in [-0.1, -0.05) is 32.6 Å². The number of hydrogen-bond acceptors (Lipinski definition) is 3. The van der Waals surface area contributed by atoms with Gasteiger partial charge in [-0.2, -0.15) is 0 Å². The van der Waals surface area contributed by atoms with Crippen molar-refractivity contribution in [2.24, 2.45) is 0 Å². The van der Waals surface area contributed by atoms with Crippen LogP contribution in [-0.4, -0.2) is 40.3 Å². The summed E-state index contributed by atoms with van der Waals surface area (Å²) in [6.07, 6.45) is 12.8. The molecule has 1 N–H and O–H groups in total. The Hall–Kier alpha value is -1.91. The molecule has 0 bridgehead atoms. The van der Waals surface area contributed by atoms with Gasteiger partial charge in [0.2, 0.25) is 0 Å². The maximum atomic E-state index is 12.9. The largest absolute Gasteiger partial charge is 0.348 e. The van der Waals surface area contributed by atoms with Crippen LogP contribution in [0, 0.1) is 0 Å². The van der Waals surface area contributed by atoms with E-state index in [0.29, 0.717) is 17.3 Å². The second-order valence-electron chi connectivity index (χ2n) is 7.65. The van der Waals surface area contributed by atoms with Crippen molar-refractivity contribution >= 4 is 11.8 Å². The predicted molar refractivity (Wildman–Crippen MR) is 102 cm³/mol. The van der Waals surface area contributed by atoms with E-state index in [2.05, 4.69) is 17.2 Å². The maximum Gasteiger partial charge on any atom is 0.270 e. The van der Waals surface area contributed by atoms with Crippen molar-refractivity contribution in [3.05, 3.63) is 29.6 Å². The molecule has 2 fully saturated rings. The summed E-state index contributed by atoms with van der Waals surface area (Å²) in [7, 11) is 0. The number of hydrogen-bond donors (Lipinski definition) is 1. The van der Waals surface area contributed by atoms with Crippen LogP contribution < -0.4 is 5.32 Å². The summed E-state index contributed by atoms with van der Waals surface area (Å²) >= 11 is 0. The lowest BCUT2D eigenvalue weighted by Crippen LogP contribution is -2.43. The lowest BCUT2D eigenvalue weighted by Gasteiger charge is -2.35. The number of rotatable bonds is 4. The Morgan fingerprint density at radius 1 is 1.12 bits per heavy atom. The molecule has 1 aliphatic carbocycles. The van der Waals surface area contributed by atoms with Crippen LogP contribution >= 0.6 is 0 Å². The van der Waals surface area contributed by atoms with Crippen LogP contribution in [0.1, 0.15) is 92.0 Å². The number of nitrogens with one attached hydrogen (secondary N) is 1. The molecule has 1 aliphatic heterocycles. The van der Waals surface area contributed by atoms with Crippen molar-refractivity contribution in [1.29, 1.82) is 0 Å². The van der Waals surface area contributed by atoms with Crippen molar-refractivity contribution in [1.82, 2.24) is 15.2 Å². The van der Waals surface area contributed by atoms with Gasteiger partial charge in [0, 0.05) is 30.4 Å². The van der Waals surface area contributed by atoms with Gasteiger partial charge < -0.3 is 10.2 Å². The van der Waals surface area contributed by atoms with Crippen LogP contribution in [0.25, 0.3) is 0 Å².